The molecule has 0 amide bonds. The van der Waals surface area contributed by atoms with Gasteiger partial charge in [-0.25, -0.2) is 0 Å². The number of ether oxygens (including phenoxy) is 1. The molecule has 0 aromatic heterocycles. The zero-order valence-electron chi connectivity index (χ0n) is 14.0. The first kappa shape index (κ1) is 17.0. The highest BCUT2D eigenvalue weighted by Gasteiger charge is 2.01. The largest absolute Gasteiger partial charge is 0.489 e. The summed E-state index contributed by atoms with van der Waals surface area (Å²) in [7, 11) is 0. The monoisotopic (exact) mass is 348 g/mol. The van der Waals surface area contributed by atoms with E-state index in [4.69, 9.17) is 17.0 Å². The van der Waals surface area contributed by atoms with Crippen LogP contribution in [0.2, 0.25) is 0 Å². The lowest BCUT2D eigenvalue weighted by Gasteiger charge is -2.12. The number of hydrogen-bond acceptors (Lipinski definition) is 2. The van der Waals surface area contributed by atoms with Crippen LogP contribution in [0.5, 0.6) is 5.75 Å². The van der Waals surface area contributed by atoms with Crippen molar-refractivity contribution in [2.45, 2.75) is 13.5 Å². The first-order valence-electron chi connectivity index (χ1n) is 8.10. The minimum Gasteiger partial charge on any atom is -0.489 e. The van der Waals surface area contributed by atoms with E-state index in [1.807, 2.05) is 66.7 Å². The summed E-state index contributed by atoms with van der Waals surface area (Å²) in [5, 5.41) is 6.92. The lowest BCUT2D eigenvalue weighted by atomic mass is 10.2. The van der Waals surface area contributed by atoms with Gasteiger partial charge in [0.25, 0.3) is 0 Å². The minimum absolute atomic E-state index is 0.556. The summed E-state index contributed by atoms with van der Waals surface area (Å²) >= 11 is 5.36. The molecular formula is C21H20N2OS. The molecule has 126 valence electrons. The fourth-order valence-corrected chi connectivity index (χ4v) is 2.63. The van der Waals surface area contributed by atoms with Crippen molar-refractivity contribution in [3.05, 3.63) is 90.0 Å². The summed E-state index contributed by atoms with van der Waals surface area (Å²) in [6.45, 7) is 2.61. The van der Waals surface area contributed by atoms with Crippen LogP contribution < -0.4 is 15.4 Å². The standard InChI is InChI=1S/C21H20N2OS/c1-16-6-5-9-19(14-16)23-21(25)22-18-10-12-20(13-11-18)24-15-17-7-3-2-4-8-17/h2-14H,15H2,1H3,(H2,22,23,25). The Morgan fingerprint density at radius 2 is 1.56 bits per heavy atom. The zero-order valence-corrected chi connectivity index (χ0v) is 14.8. The third-order valence-electron chi connectivity index (χ3n) is 3.64. The van der Waals surface area contributed by atoms with Gasteiger partial charge in [-0.3, -0.25) is 0 Å². The number of thiocarbonyl (C=S) groups is 1. The highest BCUT2D eigenvalue weighted by molar-refractivity contribution is 7.80. The molecule has 0 atom stereocenters. The van der Waals surface area contributed by atoms with E-state index >= 15 is 0 Å². The third kappa shape index (κ3) is 5.33. The van der Waals surface area contributed by atoms with Crippen LogP contribution in [0.15, 0.2) is 78.9 Å². The lowest BCUT2D eigenvalue weighted by molar-refractivity contribution is 0.306. The Morgan fingerprint density at radius 3 is 2.28 bits per heavy atom. The van der Waals surface area contributed by atoms with Gasteiger partial charge in [0.2, 0.25) is 0 Å². The van der Waals surface area contributed by atoms with Crippen molar-refractivity contribution >= 4 is 28.7 Å². The molecule has 0 aliphatic carbocycles. The Hall–Kier alpha value is -2.85. The molecule has 0 aliphatic rings. The van der Waals surface area contributed by atoms with Gasteiger partial charge in [0, 0.05) is 11.4 Å². The topological polar surface area (TPSA) is 33.3 Å². The molecule has 0 heterocycles. The molecule has 0 radical (unpaired) electrons. The van der Waals surface area contributed by atoms with Crippen molar-refractivity contribution < 1.29 is 4.74 Å². The van der Waals surface area contributed by atoms with E-state index in [1.54, 1.807) is 0 Å². The molecular weight excluding hydrogens is 328 g/mol. The van der Waals surface area contributed by atoms with Crippen LogP contribution in [0.1, 0.15) is 11.1 Å². The summed E-state index contributed by atoms with van der Waals surface area (Å²) in [5.41, 5.74) is 4.22. The van der Waals surface area contributed by atoms with Gasteiger partial charge in [-0.05, 0) is 66.7 Å². The maximum atomic E-state index is 5.78. The highest BCUT2D eigenvalue weighted by atomic mass is 32.1. The molecule has 0 aliphatic heterocycles. The normalized spacial score (nSPS) is 10.1. The van der Waals surface area contributed by atoms with Crippen LogP contribution in [0.3, 0.4) is 0 Å². The molecule has 0 saturated heterocycles. The smallest absolute Gasteiger partial charge is 0.175 e. The number of rotatable bonds is 5. The summed E-state index contributed by atoms with van der Waals surface area (Å²) < 4.78 is 5.78. The van der Waals surface area contributed by atoms with Crippen molar-refractivity contribution in [3.8, 4) is 5.75 Å². The van der Waals surface area contributed by atoms with Crippen LogP contribution in [0, 0.1) is 6.92 Å². The van der Waals surface area contributed by atoms with Gasteiger partial charge in [-0.1, -0.05) is 42.5 Å². The van der Waals surface area contributed by atoms with Crippen molar-refractivity contribution in [3.63, 3.8) is 0 Å². The molecule has 3 nitrogen and oxygen atoms in total. The summed E-state index contributed by atoms with van der Waals surface area (Å²) in [6.07, 6.45) is 0. The Morgan fingerprint density at radius 1 is 0.840 bits per heavy atom. The first-order chi connectivity index (χ1) is 12.2. The van der Waals surface area contributed by atoms with E-state index < -0.39 is 0 Å². The van der Waals surface area contributed by atoms with E-state index in [-0.39, 0.29) is 0 Å². The molecule has 0 bridgehead atoms. The number of hydrogen-bond donors (Lipinski definition) is 2. The van der Waals surface area contributed by atoms with Crippen LogP contribution in [-0.4, -0.2) is 5.11 Å². The van der Waals surface area contributed by atoms with Gasteiger partial charge in [-0.15, -0.1) is 0 Å². The van der Waals surface area contributed by atoms with Crippen molar-refractivity contribution in [2.75, 3.05) is 10.6 Å². The molecule has 3 aromatic carbocycles. The average Bonchev–Trinajstić information content (AvgIpc) is 2.62. The second-order valence-electron chi connectivity index (χ2n) is 5.75. The molecule has 3 aromatic rings. The van der Waals surface area contributed by atoms with E-state index in [0.29, 0.717) is 11.7 Å². The maximum Gasteiger partial charge on any atom is 0.175 e. The van der Waals surface area contributed by atoms with Crippen molar-refractivity contribution in [1.82, 2.24) is 0 Å². The minimum atomic E-state index is 0.556. The van der Waals surface area contributed by atoms with Crippen LogP contribution in [-0.2, 0) is 6.61 Å². The SMILES string of the molecule is Cc1cccc(NC(=S)Nc2ccc(OCc3ccccc3)cc2)c1. The van der Waals surface area contributed by atoms with Crippen LogP contribution in [0.25, 0.3) is 0 Å². The third-order valence-corrected chi connectivity index (χ3v) is 3.84. The maximum absolute atomic E-state index is 5.78. The number of benzene rings is 3. The lowest BCUT2D eigenvalue weighted by Crippen LogP contribution is -2.18. The number of aryl methyl sites for hydroxylation is 1. The van der Waals surface area contributed by atoms with E-state index in [9.17, 15) is 0 Å². The molecule has 0 fully saturated rings. The van der Waals surface area contributed by atoms with E-state index in [1.165, 1.54) is 5.56 Å². The second kappa shape index (κ2) is 8.31. The van der Waals surface area contributed by atoms with E-state index in [0.717, 1.165) is 22.7 Å². The summed E-state index contributed by atoms with van der Waals surface area (Å²) in [5.74, 6) is 0.826. The van der Waals surface area contributed by atoms with Crippen molar-refractivity contribution in [1.29, 1.82) is 0 Å². The molecule has 4 heteroatoms. The molecule has 0 spiro atoms. The predicted octanol–water partition coefficient (Wildman–Crippen LogP) is 5.38. The highest BCUT2D eigenvalue weighted by Crippen LogP contribution is 2.18. The molecule has 0 saturated carbocycles. The zero-order chi connectivity index (χ0) is 17.5. The van der Waals surface area contributed by atoms with Gasteiger partial charge in [0.05, 0.1) is 0 Å². The van der Waals surface area contributed by atoms with Gasteiger partial charge in [-0.2, -0.15) is 0 Å². The molecule has 0 unspecified atom stereocenters. The summed E-state index contributed by atoms with van der Waals surface area (Å²) in [4.78, 5) is 0. The Balaban J connectivity index is 1.52. The molecule has 2 N–H and O–H groups in total. The van der Waals surface area contributed by atoms with Gasteiger partial charge in [0.1, 0.15) is 12.4 Å². The van der Waals surface area contributed by atoms with Gasteiger partial charge in [0.15, 0.2) is 5.11 Å². The fraction of sp³-hybridized carbons (Fsp3) is 0.0952. The first-order valence-corrected chi connectivity index (χ1v) is 8.51. The average molecular weight is 348 g/mol. The van der Waals surface area contributed by atoms with Gasteiger partial charge >= 0.3 is 0 Å². The number of nitrogens with one attached hydrogen (secondary N) is 2. The van der Waals surface area contributed by atoms with Gasteiger partial charge < -0.3 is 15.4 Å². The van der Waals surface area contributed by atoms with Crippen molar-refractivity contribution in [2.24, 2.45) is 0 Å². The number of anilines is 2. The Labute approximate surface area is 153 Å². The second-order valence-corrected chi connectivity index (χ2v) is 6.16. The Bertz CT molecular complexity index is 832. The predicted molar refractivity (Wildman–Crippen MR) is 108 cm³/mol. The van der Waals surface area contributed by atoms with Crippen LogP contribution >= 0.6 is 12.2 Å². The van der Waals surface area contributed by atoms with Crippen LogP contribution in [0.4, 0.5) is 11.4 Å². The molecule has 3 rings (SSSR count). The Kier molecular flexibility index (Phi) is 5.65. The molecule has 25 heavy (non-hydrogen) atoms. The fourth-order valence-electron chi connectivity index (χ4n) is 2.39. The quantitative estimate of drug-likeness (QED) is 0.606. The van der Waals surface area contributed by atoms with E-state index in [2.05, 4.69) is 29.7 Å². The summed E-state index contributed by atoms with van der Waals surface area (Å²) in [6, 6.07) is 26.0.